The molecule has 1 aliphatic carbocycles. The molecule has 7 nitrogen and oxygen atoms in total. The lowest BCUT2D eigenvalue weighted by Gasteiger charge is -2.24. The number of fused-ring (bicyclic) bond motifs is 1. The summed E-state index contributed by atoms with van der Waals surface area (Å²) >= 11 is 0. The average Bonchev–Trinajstić information content (AvgIpc) is 3.36. The summed E-state index contributed by atoms with van der Waals surface area (Å²) in [6.07, 6.45) is 4.44. The minimum absolute atomic E-state index is 0.129. The van der Waals surface area contributed by atoms with Gasteiger partial charge in [-0.05, 0) is 44.2 Å². The molecule has 1 aliphatic heterocycles. The molecule has 2 fully saturated rings. The van der Waals surface area contributed by atoms with Crippen molar-refractivity contribution in [3.8, 4) is 5.75 Å². The molecule has 7 heteroatoms. The molecule has 0 spiro atoms. The molecule has 27 heavy (non-hydrogen) atoms. The van der Waals surface area contributed by atoms with Crippen molar-refractivity contribution in [1.29, 1.82) is 0 Å². The van der Waals surface area contributed by atoms with Gasteiger partial charge in [-0.2, -0.15) is 0 Å². The van der Waals surface area contributed by atoms with Crippen molar-refractivity contribution in [3.63, 3.8) is 0 Å². The van der Waals surface area contributed by atoms with Gasteiger partial charge in [-0.15, -0.1) is 0 Å². The number of nitrogens with zero attached hydrogens (tertiary/aromatic N) is 2. The fraction of sp³-hybridized carbons (Fsp3) is 0.500. The minimum atomic E-state index is -1.20. The van der Waals surface area contributed by atoms with Crippen molar-refractivity contribution in [3.05, 3.63) is 34.1 Å². The van der Waals surface area contributed by atoms with Crippen LogP contribution >= 0.6 is 0 Å². The van der Waals surface area contributed by atoms with E-state index in [1.165, 1.54) is 6.20 Å². The molecule has 2 heterocycles. The second kappa shape index (κ2) is 6.56. The number of hydrogen-bond donors (Lipinski definition) is 2. The Kier molecular flexibility index (Phi) is 4.34. The molecule has 1 saturated carbocycles. The monoisotopic (exact) mass is 371 g/mol. The minimum Gasteiger partial charge on any atom is -0.492 e. The second-order valence-corrected chi connectivity index (χ2v) is 7.68. The number of methoxy groups -OCH3 is 1. The summed E-state index contributed by atoms with van der Waals surface area (Å²) < 4.78 is 7.68. The van der Waals surface area contributed by atoms with Gasteiger partial charge in [-0.3, -0.25) is 4.79 Å². The third kappa shape index (κ3) is 2.96. The van der Waals surface area contributed by atoms with Gasteiger partial charge in [0.05, 0.1) is 23.7 Å². The van der Waals surface area contributed by atoms with Crippen LogP contribution in [0.3, 0.4) is 0 Å². The average molecular weight is 371 g/mol. The van der Waals surface area contributed by atoms with Crippen molar-refractivity contribution >= 4 is 22.6 Å². The SMILES string of the molecule is COc1c(N2CCC(C(C)N)C2)ccc2c(=O)c(C(=O)O)cn(C3CC3)c12. The van der Waals surface area contributed by atoms with Crippen LogP contribution < -0.4 is 20.8 Å². The first-order valence-electron chi connectivity index (χ1n) is 9.42. The largest absolute Gasteiger partial charge is 0.492 e. The Hall–Kier alpha value is -2.54. The number of nitrogens with two attached hydrogens (primary N) is 1. The van der Waals surface area contributed by atoms with Crippen molar-refractivity contribution in [2.24, 2.45) is 11.7 Å². The van der Waals surface area contributed by atoms with Gasteiger partial charge >= 0.3 is 5.97 Å². The number of carboxylic acid groups (broad SMARTS) is 1. The predicted octanol–water partition coefficient (Wildman–Crippen LogP) is 2.22. The molecule has 2 aliphatic rings. The zero-order valence-electron chi connectivity index (χ0n) is 15.6. The Labute approximate surface area is 157 Å². The Morgan fingerprint density at radius 2 is 2.07 bits per heavy atom. The van der Waals surface area contributed by atoms with Crippen LogP contribution in [0, 0.1) is 5.92 Å². The number of hydrogen-bond acceptors (Lipinski definition) is 5. The molecule has 2 atom stereocenters. The first-order chi connectivity index (χ1) is 12.9. The fourth-order valence-electron chi connectivity index (χ4n) is 4.09. The third-order valence-corrected chi connectivity index (χ3v) is 5.81. The molecular formula is C20H25N3O4. The molecule has 1 saturated heterocycles. The molecule has 0 bridgehead atoms. The van der Waals surface area contributed by atoms with Crippen LogP contribution in [-0.2, 0) is 0 Å². The standard InChI is InChI=1S/C20H25N3O4/c1-11(21)12-7-8-22(9-12)16-6-5-14-17(19(16)27-2)23(13-3-4-13)10-15(18(14)24)20(25)26/h5-6,10-13H,3-4,7-9,21H2,1-2H3,(H,25,26). The number of rotatable bonds is 5. The number of carboxylic acids is 1. The Morgan fingerprint density at radius 3 is 2.63 bits per heavy atom. The first kappa shape index (κ1) is 17.9. The van der Waals surface area contributed by atoms with Crippen LogP contribution in [0.15, 0.2) is 23.1 Å². The summed E-state index contributed by atoms with van der Waals surface area (Å²) in [7, 11) is 1.60. The lowest BCUT2D eigenvalue weighted by molar-refractivity contribution is 0.0695. The van der Waals surface area contributed by atoms with E-state index in [2.05, 4.69) is 4.90 Å². The molecule has 0 radical (unpaired) electrons. The Bertz CT molecular complexity index is 962. The number of benzene rings is 1. The van der Waals surface area contributed by atoms with Crippen LogP contribution in [0.5, 0.6) is 5.75 Å². The summed E-state index contributed by atoms with van der Waals surface area (Å²) in [5.41, 5.74) is 7.05. The number of aromatic carboxylic acids is 1. The van der Waals surface area contributed by atoms with Crippen molar-refractivity contribution in [1.82, 2.24) is 4.57 Å². The molecule has 1 aromatic carbocycles. The summed E-state index contributed by atoms with van der Waals surface area (Å²) in [4.78, 5) is 26.5. The summed E-state index contributed by atoms with van der Waals surface area (Å²) in [6, 6.07) is 3.95. The maximum atomic E-state index is 12.7. The first-order valence-corrected chi connectivity index (χ1v) is 9.42. The van der Waals surface area contributed by atoms with Crippen molar-refractivity contribution in [2.75, 3.05) is 25.1 Å². The van der Waals surface area contributed by atoms with Crippen LogP contribution in [-0.4, -0.2) is 41.9 Å². The summed E-state index contributed by atoms with van der Waals surface area (Å²) in [5.74, 6) is -0.136. The van der Waals surface area contributed by atoms with Gasteiger partial charge < -0.3 is 25.0 Å². The highest BCUT2D eigenvalue weighted by molar-refractivity contribution is 5.97. The van der Waals surface area contributed by atoms with Gasteiger partial charge in [0.2, 0.25) is 5.43 Å². The zero-order chi connectivity index (χ0) is 19.3. The maximum absolute atomic E-state index is 12.7. The van der Waals surface area contributed by atoms with E-state index >= 15 is 0 Å². The molecular weight excluding hydrogens is 346 g/mol. The second-order valence-electron chi connectivity index (χ2n) is 7.68. The van der Waals surface area contributed by atoms with Gasteiger partial charge in [-0.25, -0.2) is 4.79 Å². The lowest BCUT2D eigenvalue weighted by atomic mass is 10.0. The van der Waals surface area contributed by atoms with Crippen LogP contribution in [0.2, 0.25) is 0 Å². The van der Waals surface area contributed by atoms with Gasteiger partial charge in [0.1, 0.15) is 5.56 Å². The van der Waals surface area contributed by atoms with E-state index in [0.717, 1.165) is 38.0 Å². The van der Waals surface area contributed by atoms with E-state index in [-0.39, 0.29) is 17.6 Å². The van der Waals surface area contributed by atoms with Gasteiger partial charge in [-0.1, -0.05) is 0 Å². The highest BCUT2D eigenvalue weighted by Gasteiger charge is 2.31. The van der Waals surface area contributed by atoms with Gasteiger partial charge in [0.25, 0.3) is 0 Å². The summed E-state index contributed by atoms with van der Waals surface area (Å²) in [5, 5.41) is 9.82. The highest BCUT2D eigenvalue weighted by atomic mass is 16.5. The highest BCUT2D eigenvalue weighted by Crippen LogP contribution is 2.43. The normalized spacial score (nSPS) is 20.9. The van der Waals surface area contributed by atoms with E-state index in [0.29, 0.717) is 22.6 Å². The lowest BCUT2D eigenvalue weighted by Crippen LogP contribution is -2.30. The van der Waals surface area contributed by atoms with Gasteiger partial charge in [0.15, 0.2) is 5.75 Å². The maximum Gasteiger partial charge on any atom is 0.341 e. The zero-order valence-corrected chi connectivity index (χ0v) is 15.6. The summed E-state index contributed by atoms with van der Waals surface area (Å²) in [6.45, 7) is 3.76. The number of anilines is 1. The molecule has 1 aromatic heterocycles. The van der Waals surface area contributed by atoms with Crippen LogP contribution in [0.25, 0.3) is 10.9 Å². The van der Waals surface area contributed by atoms with Crippen LogP contribution in [0.4, 0.5) is 5.69 Å². The number of ether oxygens (including phenoxy) is 1. The predicted molar refractivity (Wildman–Crippen MR) is 104 cm³/mol. The van der Waals surface area contributed by atoms with E-state index in [1.807, 2.05) is 17.6 Å². The number of pyridine rings is 1. The topological polar surface area (TPSA) is 97.8 Å². The van der Waals surface area contributed by atoms with E-state index in [1.54, 1.807) is 13.2 Å². The van der Waals surface area contributed by atoms with E-state index < -0.39 is 11.4 Å². The Morgan fingerprint density at radius 1 is 1.33 bits per heavy atom. The smallest absolute Gasteiger partial charge is 0.341 e. The molecule has 4 rings (SSSR count). The van der Waals surface area contributed by atoms with E-state index in [4.69, 9.17) is 10.5 Å². The third-order valence-electron chi connectivity index (χ3n) is 5.81. The van der Waals surface area contributed by atoms with Gasteiger partial charge in [0, 0.05) is 31.4 Å². The number of aromatic nitrogens is 1. The Balaban J connectivity index is 1.91. The molecule has 2 aromatic rings. The quantitative estimate of drug-likeness (QED) is 0.836. The number of carbonyl (C=O) groups is 1. The van der Waals surface area contributed by atoms with E-state index in [9.17, 15) is 14.7 Å². The van der Waals surface area contributed by atoms with Crippen molar-refractivity contribution < 1.29 is 14.6 Å². The van der Waals surface area contributed by atoms with Crippen molar-refractivity contribution in [2.45, 2.75) is 38.3 Å². The fourth-order valence-corrected chi connectivity index (χ4v) is 4.09. The van der Waals surface area contributed by atoms with Crippen LogP contribution in [0.1, 0.15) is 42.6 Å². The molecule has 3 N–H and O–H groups in total. The molecule has 0 amide bonds. The molecule has 2 unspecified atom stereocenters. The molecule has 144 valence electrons.